The van der Waals surface area contributed by atoms with Crippen LogP contribution in [0.1, 0.15) is 58.8 Å². The molecule has 1 saturated carbocycles. The van der Waals surface area contributed by atoms with E-state index >= 15 is 0 Å². The summed E-state index contributed by atoms with van der Waals surface area (Å²) in [6.45, 7) is 5.49. The number of hydrogen-bond donors (Lipinski definition) is 2. The summed E-state index contributed by atoms with van der Waals surface area (Å²) in [5.41, 5.74) is 3.28. The highest BCUT2D eigenvalue weighted by Crippen LogP contribution is 2.41. The fourth-order valence-electron chi connectivity index (χ4n) is 3.70. The highest BCUT2D eigenvalue weighted by molar-refractivity contribution is 7.99. The van der Waals surface area contributed by atoms with Gasteiger partial charge in [-0.3, -0.25) is 11.3 Å². The molecule has 0 aromatic rings. The van der Waals surface area contributed by atoms with E-state index in [0.717, 1.165) is 18.3 Å². The van der Waals surface area contributed by atoms with Crippen LogP contribution in [0.2, 0.25) is 0 Å². The topological polar surface area (TPSA) is 47.3 Å². The summed E-state index contributed by atoms with van der Waals surface area (Å²) >= 11 is 2.04. The molecule has 1 aliphatic carbocycles. The van der Waals surface area contributed by atoms with E-state index < -0.39 is 0 Å². The fourth-order valence-corrected chi connectivity index (χ4v) is 4.93. The van der Waals surface area contributed by atoms with Crippen LogP contribution in [-0.2, 0) is 4.74 Å². The smallest absolute Gasteiger partial charge is 0.0685 e. The number of nitrogens with two attached hydrogens (primary N) is 1. The molecule has 2 rings (SSSR count). The van der Waals surface area contributed by atoms with Crippen molar-refractivity contribution in [1.82, 2.24) is 5.43 Å². The quantitative estimate of drug-likeness (QED) is 0.583. The van der Waals surface area contributed by atoms with Crippen LogP contribution in [0.15, 0.2) is 0 Å². The number of hydrogen-bond acceptors (Lipinski definition) is 4. The van der Waals surface area contributed by atoms with E-state index in [1.165, 1.54) is 50.7 Å². The second kappa shape index (κ2) is 8.02. The van der Waals surface area contributed by atoms with Crippen molar-refractivity contribution in [2.24, 2.45) is 17.7 Å². The predicted octanol–water partition coefficient (Wildman–Crippen LogP) is 3.34. The van der Waals surface area contributed by atoms with Gasteiger partial charge in [0.2, 0.25) is 0 Å². The van der Waals surface area contributed by atoms with Gasteiger partial charge in [0.15, 0.2) is 0 Å². The maximum atomic E-state index is 6.20. The van der Waals surface area contributed by atoms with Crippen molar-refractivity contribution < 1.29 is 4.74 Å². The maximum absolute atomic E-state index is 6.20. The van der Waals surface area contributed by atoms with Gasteiger partial charge in [0.25, 0.3) is 0 Å². The Balaban J connectivity index is 1.85. The average molecular weight is 301 g/mol. The summed E-state index contributed by atoms with van der Waals surface area (Å²) in [7, 11) is 0. The molecule has 2 atom stereocenters. The first kappa shape index (κ1) is 16.6. The molecule has 20 heavy (non-hydrogen) atoms. The van der Waals surface area contributed by atoms with Crippen LogP contribution in [0.25, 0.3) is 0 Å². The highest BCUT2D eigenvalue weighted by Gasteiger charge is 2.40. The van der Waals surface area contributed by atoms with Crippen LogP contribution in [0.3, 0.4) is 0 Å². The third-order valence-corrected chi connectivity index (χ3v) is 6.32. The van der Waals surface area contributed by atoms with Crippen LogP contribution in [0.4, 0.5) is 0 Å². The third-order valence-electron chi connectivity index (χ3n) is 4.83. The van der Waals surface area contributed by atoms with E-state index in [-0.39, 0.29) is 5.60 Å². The lowest BCUT2D eigenvalue weighted by atomic mass is 9.74. The van der Waals surface area contributed by atoms with E-state index in [1.807, 2.05) is 11.8 Å². The van der Waals surface area contributed by atoms with Gasteiger partial charge in [-0.2, -0.15) is 11.8 Å². The van der Waals surface area contributed by atoms with Gasteiger partial charge < -0.3 is 4.74 Å². The molecule has 118 valence electrons. The molecule has 2 fully saturated rings. The van der Waals surface area contributed by atoms with Gasteiger partial charge in [0.1, 0.15) is 0 Å². The first-order valence-corrected chi connectivity index (χ1v) is 9.48. The van der Waals surface area contributed by atoms with Crippen molar-refractivity contribution >= 4 is 11.8 Å². The lowest BCUT2D eigenvalue weighted by molar-refractivity contribution is -0.120. The Labute approximate surface area is 128 Å². The van der Waals surface area contributed by atoms with Crippen molar-refractivity contribution in [3.63, 3.8) is 0 Å². The molecule has 1 aliphatic heterocycles. The number of thioether (sulfide) groups is 1. The average Bonchev–Trinajstić information content (AvgIpc) is 2.44. The van der Waals surface area contributed by atoms with Crippen molar-refractivity contribution in [2.75, 3.05) is 18.1 Å². The van der Waals surface area contributed by atoms with Gasteiger partial charge in [-0.1, -0.05) is 33.1 Å². The van der Waals surface area contributed by atoms with Crippen LogP contribution in [0.5, 0.6) is 0 Å². The summed E-state index contributed by atoms with van der Waals surface area (Å²) in [4.78, 5) is 0. The summed E-state index contributed by atoms with van der Waals surface area (Å²) in [6.07, 6.45) is 8.98. The first-order chi connectivity index (χ1) is 9.65. The molecular formula is C16H32N2OS. The summed E-state index contributed by atoms with van der Waals surface area (Å²) < 4.78 is 6.20. The zero-order valence-electron chi connectivity index (χ0n) is 13.2. The summed E-state index contributed by atoms with van der Waals surface area (Å²) in [5.74, 6) is 9.65. The van der Waals surface area contributed by atoms with Crippen LogP contribution >= 0.6 is 11.8 Å². The van der Waals surface area contributed by atoms with E-state index in [0.29, 0.717) is 12.0 Å². The fraction of sp³-hybridized carbons (Fsp3) is 1.00. The molecule has 2 aliphatic rings. The molecule has 1 saturated heterocycles. The maximum Gasteiger partial charge on any atom is 0.0685 e. The zero-order valence-corrected chi connectivity index (χ0v) is 14.0. The first-order valence-electron chi connectivity index (χ1n) is 8.33. The molecule has 3 nitrogen and oxygen atoms in total. The Morgan fingerprint density at radius 1 is 1.25 bits per heavy atom. The summed E-state index contributed by atoms with van der Waals surface area (Å²) in [6, 6.07) is 0.446. The highest BCUT2D eigenvalue weighted by atomic mass is 32.2. The molecule has 0 aromatic heterocycles. The second-order valence-corrected chi connectivity index (χ2v) is 8.12. The van der Waals surface area contributed by atoms with Gasteiger partial charge in [0.05, 0.1) is 5.60 Å². The van der Waals surface area contributed by atoms with Crippen LogP contribution in [-0.4, -0.2) is 29.8 Å². The SMILES string of the molecule is CC(C)CSCC(NN)C1CCOC2(CCCCC2)C1. The minimum absolute atomic E-state index is 0.193. The number of nitrogens with one attached hydrogen (secondary N) is 1. The molecule has 1 heterocycles. The standard InChI is InChI=1S/C16H32N2OS/c1-13(2)11-20-12-15(18-17)14-6-9-19-16(10-14)7-4-3-5-8-16/h13-15,18H,3-12,17H2,1-2H3. The Bertz CT molecular complexity index is 274. The number of ether oxygens (including phenoxy) is 1. The van der Waals surface area contributed by atoms with Crippen molar-refractivity contribution in [3.8, 4) is 0 Å². The Hall–Kier alpha value is 0.230. The third kappa shape index (κ3) is 4.62. The van der Waals surface area contributed by atoms with Crippen LogP contribution in [0, 0.1) is 11.8 Å². The van der Waals surface area contributed by atoms with E-state index in [1.54, 1.807) is 0 Å². The molecule has 3 N–H and O–H groups in total. The van der Waals surface area contributed by atoms with Gasteiger partial charge in [-0.05, 0) is 43.3 Å². The molecule has 1 spiro atoms. The molecule has 4 heteroatoms. The van der Waals surface area contributed by atoms with Crippen LogP contribution < -0.4 is 11.3 Å². The van der Waals surface area contributed by atoms with E-state index in [2.05, 4.69) is 19.3 Å². The molecule has 0 radical (unpaired) electrons. The van der Waals surface area contributed by atoms with Gasteiger partial charge in [0, 0.05) is 18.4 Å². The van der Waals surface area contributed by atoms with E-state index in [4.69, 9.17) is 10.6 Å². The molecular weight excluding hydrogens is 268 g/mol. The molecule has 0 bridgehead atoms. The number of hydrazine groups is 1. The monoisotopic (exact) mass is 300 g/mol. The minimum Gasteiger partial charge on any atom is -0.375 e. The second-order valence-electron chi connectivity index (χ2n) is 7.05. The van der Waals surface area contributed by atoms with Crippen molar-refractivity contribution in [1.29, 1.82) is 0 Å². The molecule has 2 unspecified atom stereocenters. The largest absolute Gasteiger partial charge is 0.375 e. The zero-order chi connectivity index (χ0) is 14.4. The van der Waals surface area contributed by atoms with Crippen molar-refractivity contribution in [2.45, 2.75) is 70.4 Å². The Morgan fingerprint density at radius 3 is 2.65 bits per heavy atom. The normalized spacial score (nSPS) is 27.9. The molecule has 0 aromatic carbocycles. The number of rotatable bonds is 6. The summed E-state index contributed by atoms with van der Waals surface area (Å²) in [5, 5.41) is 0. The lowest BCUT2D eigenvalue weighted by Gasteiger charge is -2.45. The lowest BCUT2D eigenvalue weighted by Crippen LogP contribution is -2.50. The van der Waals surface area contributed by atoms with Gasteiger partial charge in [-0.15, -0.1) is 0 Å². The Kier molecular flexibility index (Phi) is 6.66. The van der Waals surface area contributed by atoms with Gasteiger partial charge in [-0.25, -0.2) is 0 Å². The minimum atomic E-state index is 0.193. The van der Waals surface area contributed by atoms with Gasteiger partial charge >= 0.3 is 0 Å². The van der Waals surface area contributed by atoms with Crippen molar-refractivity contribution in [3.05, 3.63) is 0 Å². The predicted molar refractivity (Wildman–Crippen MR) is 87.8 cm³/mol. The Morgan fingerprint density at radius 2 is 2.00 bits per heavy atom. The molecule has 0 amide bonds. The van der Waals surface area contributed by atoms with E-state index in [9.17, 15) is 0 Å².